The summed E-state index contributed by atoms with van der Waals surface area (Å²) < 4.78 is 0. The van der Waals surface area contributed by atoms with Gasteiger partial charge in [-0.25, -0.2) is 0 Å². The molecule has 3 atom stereocenters. The number of benzene rings is 1. The maximum absolute atomic E-state index is 13.0. The molecule has 0 aromatic heterocycles. The Kier molecular flexibility index (Phi) is 6.10. The number of likely N-dealkylation sites (tertiary alicyclic amines) is 1. The second kappa shape index (κ2) is 7.67. The van der Waals surface area contributed by atoms with Gasteiger partial charge in [-0.3, -0.25) is 4.79 Å². The van der Waals surface area contributed by atoms with Crippen molar-refractivity contribution in [3.05, 3.63) is 34.9 Å². The Labute approximate surface area is 146 Å². The monoisotopic (exact) mass is 336 g/mol. The van der Waals surface area contributed by atoms with Crippen molar-refractivity contribution < 1.29 is 4.79 Å². The standard InChI is InChI=1S/C19H28N2O.ClH/c1-13-6-7-14(2)17(11-13)18-5-4-10-21(18)19(22)16-8-9-20-15(3)12-16;/h6-7,11,15-16,18,20H,4-5,8-10,12H2,1-3H3;1H/t15-,16-,18?;/m0./s1. The summed E-state index contributed by atoms with van der Waals surface area (Å²) in [6, 6.07) is 7.38. The Morgan fingerprint density at radius 1 is 1.26 bits per heavy atom. The smallest absolute Gasteiger partial charge is 0.226 e. The zero-order valence-corrected chi connectivity index (χ0v) is 15.3. The Balaban J connectivity index is 0.00000192. The molecule has 2 aliphatic rings. The number of aryl methyl sites for hydroxylation is 2. The molecule has 4 heteroatoms. The highest BCUT2D eigenvalue weighted by Gasteiger charge is 2.35. The SMILES string of the molecule is Cc1ccc(C)c(C2CCCN2C(=O)[C@H]2CCN[C@@H](C)C2)c1.Cl. The Morgan fingerprint density at radius 2 is 2.04 bits per heavy atom. The zero-order valence-electron chi connectivity index (χ0n) is 14.5. The lowest BCUT2D eigenvalue weighted by Gasteiger charge is -2.33. The van der Waals surface area contributed by atoms with E-state index in [-0.39, 0.29) is 24.4 Å². The number of amides is 1. The molecule has 1 N–H and O–H groups in total. The quantitative estimate of drug-likeness (QED) is 0.891. The predicted molar refractivity (Wildman–Crippen MR) is 97.0 cm³/mol. The van der Waals surface area contributed by atoms with Crippen LogP contribution in [0.1, 0.15) is 55.3 Å². The van der Waals surface area contributed by atoms with Gasteiger partial charge in [-0.15, -0.1) is 12.4 Å². The molecular formula is C19H29ClN2O. The van der Waals surface area contributed by atoms with Crippen molar-refractivity contribution in [2.45, 2.75) is 58.5 Å². The molecule has 1 amide bonds. The Hall–Kier alpha value is -1.06. The summed E-state index contributed by atoms with van der Waals surface area (Å²) in [7, 11) is 0. The summed E-state index contributed by atoms with van der Waals surface area (Å²) >= 11 is 0. The minimum atomic E-state index is 0. The minimum absolute atomic E-state index is 0. The summed E-state index contributed by atoms with van der Waals surface area (Å²) in [6.45, 7) is 8.39. The molecule has 23 heavy (non-hydrogen) atoms. The van der Waals surface area contributed by atoms with Gasteiger partial charge in [-0.1, -0.05) is 23.8 Å². The van der Waals surface area contributed by atoms with E-state index in [1.54, 1.807) is 0 Å². The molecule has 1 aromatic carbocycles. The molecule has 128 valence electrons. The van der Waals surface area contributed by atoms with E-state index in [1.807, 2.05) is 0 Å². The van der Waals surface area contributed by atoms with E-state index in [0.29, 0.717) is 11.9 Å². The molecule has 2 saturated heterocycles. The van der Waals surface area contributed by atoms with Crippen molar-refractivity contribution in [1.82, 2.24) is 10.2 Å². The number of hydrogen-bond acceptors (Lipinski definition) is 2. The van der Waals surface area contributed by atoms with E-state index in [9.17, 15) is 4.79 Å². The van der Waals surface area contributed by atoms with Crippen molar-refractivity contribution >= 4 is 18.3 Å². The molecular weight excluding hydrogens is 308 g/mol. The van der Waals surface area contributed by atoms with Crippen LogP contribution < -0.4 is 5.32 Å². The zero-order chi connectivity index (χ0) is 15.7. The van der Waals surface area contributed by atoms with Gasteiger partial charge in [0.15, 0.2) is 0 Å². The second-order valence-electron chi connectivity index (χ2n) is 7.13. The maximum Gasteiger partial charge on any atom is 0.226 e. The first-order valence-corrected chi connectivity index (χ1v) is 8.67. The molecule has 2 heterocycles. The minimum Gasteiger partial charge on any atom is -0.335 e. The average molecular weight is 337 g/mol. The van der Waals surface area contributed by atoms with E-state index in [2.05, 4.69) is 49.2 Å². The van der Waals surface area contributed by atoms with Crippen molar-refractivity contribution in [2.24, 2.45) is 5.92 Å². The largest absolute Gasteiger partial charge is 0.335 e. The van der Waals surface area contributed by atoms with Crippen LogP contribution in [0.25, 0.3) is 0 Å². The number of hydrogen-bond donors (Lipinski definition) is 1. The fourth-order valence-electron chi connectivity index (χ4n) is 4.06. The molecule has 3 rings (SSSR count). The number of nitrogens with zero attached hydrogens (tertiary/aromatic N) is 1. The molecule has 3 nitrogen and oxygen atoms in total. The van der Waals surface area contributed by atoms with Crippen LogP contribution in [0.2, 0.25) is 0 Å². The molecule has 1 aromatic rings. The van der Waals surface area contributed by atoms with Crippen LogP contribution in [-0.2, 0) is 4.79 Å². The van der Waals surface area contributed by atoms with Crippen LogP contribution in [-0.4, -0.2) is 29.9 Å². The van der Waals surface area contributed by atoms with Crippen molar-refractivity contribution in [1.29, 1.82) is 0 Å². The van der Waals surface area contributed by atoms with E-state index >= 15 is 0 Å². The van der Waals surface area contributed by atoms with Gasteiger partial charge in [0.1, 0.15) is 0 Å². The van der Waals surface area contributed by atoms with Crippen molar-refractivity contribution in [3.63, 3.8) is 0 Å². The van der Waals surface area contributed by atoms with Crippen LogP contribution in [0, 0.1) is 19.8 Å². The third kappa shape index (κ3) is 3.89. The van der Waals surface area contributed by atoms with Crippen LogP contribution in [0.4, 0.5) is 0 Å². The second-order valence-corrected chi connectivity index (χ2v) is 7.13. The van der Waals surface area contributed by atoms with Gasteiger partial charge in [0.2, 0.25) is 5.91 Å². The molecule has 0 radical (unpaired) electrons. The number of piperidine rings is 1. The Morgan fingerprint density at radius 3 is 2.78 bits per heavy atom. The van der Waals surface area contributed by atoms with E-state index in [0.717, 1.165) is 38.8 Å². The number of halogens is 1. The van der Waals surface area contributed by atoms with Gasteiger partial charge in [0.25, 0.3) is 0 Å². The number of carbonyl (C=O) groups excluding carboxylic acids is 1. The summed E-state index contributed by atoms with van der Waals surface area (Å²) in [5, 5.41) is 3.45. The molecule has 2 fully saturated rings. The van der Waals surface area contributed by atoms with Crippen molar-refractivity contribution in [3.8, 4) is 0 Å². The predicted octanol–water partition coefficient (Wildman–Crippen LogP) is 3.78. The highest BCUT2D eigenvalue weighted by atomic mass is 35.5. The normalized spacial score (nSPS) is 27.6. The lowest BCUT2D eigenvalue weighted by atomic mass is 9.90. The van der Waals surface area contributed by atoms with Crippen LogP contribution in [0.5, 0.6) is 0 Å². The number of rotatable bonds is 2. The summed E-state index contributed by atoms with van der Waals surface area (Å²) in [5.41, 5.74) is 3.96. The topological polar surface area (TPSA) is 32.3 Å². The van der Waals surface area contributed by atoms with Crippen molar-refractivity contribution in [2.75, 3.05) is 13.1 Å². The highest BCUT2D eigenvalue weighted by molar-refractivity contribution is 5.85. The average Bonchev–Trinajstić information content (AvgIpc) is 2.98. The first-order valence-electron chi connectivity index (χ1n) is 8.67. The van der Waals surface area contributed by atoms with E-state index in [4.69, 9.17) is 0 Å². The van der Waals surface area contributed by atoms with Crippen LogP contribution in [0.15, 0.2) is 18.2 Å². The molecule has 1 unspecified atom stereocenters. The fraction of sp³-hybridized carbons (Fsp3) is 0.632. The van der Waals surface area contributed by atoms with E-state index < -0.39 is 0 Å². The van der Waals surface area contributed by atoms with Gasteiger partial charge < -0.3 is 10.2 Å². The van der Waals surface area contributed by atoms with Crippen LogP contribution >= 0.6 is 12.4 Å². The highest BCUT2D eigenvalue weighted by Crippen LogP contribution is 2.36. The molecule has 0 spiro atoms. The lowest BCUT2D eigenvalue weighted by Crippen LogP contribution is -2.44. The van der Waals surface area contributed by atoms with Gasteiger partial charge in [0.05, 0.1) is 6.04 Å². The molecule has 0 saturated carbocycles. The summed E-state index contributed by atoms with van der Waals surface area (Å²) in [5.74, 6) is 0.596. The van der Waals surface area contributed by atoms with Crippen LogP contribution in [0.3, 0.4) is 0 Å². The third-order valence-corrected chi connectivity index (χ3v) is 5.30. The maximum atomic E-state index is 13.0. The van der Waals surface area contributed by atoms with Gasteiger partial charge in [-0.05, 0) is 64.1 Å². The summed E-state index contributed by atoms with van der Waals surface area (Å²) in [6.07, 6.45) is 4.20. The lowest BCUT2D eigenvalue weighted by molar-refractivity contribution is -0.137. The first kappa shape index (κ1) is 18.3. The van der Waals surface area contributed by atoms with Gasteiger partial charge in [0, 0.05) is 18.5 Å². The Bertz CT molecular complexity index is 560. The number of carbonyl (C=O) groups is 1. The van der Waals surface area contributed by atoms with Gasteiger partial charge >= 0.3 is 0 Å². The molecule has 0 aliphatic carbocycles. The van der Waals surface area contributed by atoms with E-state index in [1.165, 1.54) is 16.7 Å². The third-order valence-electron chi connectivity index (χ3n) is 5.30. The number of nitrogens with one attached hydrogen (secondary N) is 1. The molecule has 0 bridgehead atoms. The summed E-state index contributed by atoms with van der Waals surface area (Å²) in [4.78, 5) is 15.2. The first-order chi connectivity index (χ1) is 10.6. The molecule has 2 aliphatic heterocycles. The fourth-order valence-corrected chi connectivity index (χ4v) is 4.06. The van der Waals surface area contributed by atoms with Gasteiger partial charge in [-0.2, -0.15) is 0 Å².